The van der Waals surface area contributed by atoms with Gasteiger partial charge < -0.3 is 10.6 Å². The molecule has 0 aliphatic carbocycles. The highest BCUT2D eigenvalue weighted by Crippen LogP contribution is 2.32. The maximum atomic E-state index is 11.9. The molecule has 1 aromatic heterocycles. The molecule has 1 aliphatic rings. The lowest BCUT2D eigenvalue weighted by Crippen LogP contribution is -2.43. The van der Waals surface area contributed by atoms with Gasteiger partial charge in [0, 0.05) is 30.3 Å². The Kier molecular flexibility index (Phi) is 3.24. The standard InChI is InChI=1S/C14H16BrN5O/c1-14(2)7-16-11(21)9-5-4-8(6-10(9)14)17-13-18-12(15)19-20(13)3/h4-6H,7H2,1-3H3,(H,16,21)(H,17,18,19). The fourth-order valence-corrected chi connectivity index (χ4v) is 2.87. The second-order valence-corrected chi connectivity index (χ2v) is 6.49. The van der Waals surface area contributed by atoms with Crippen LogP contribution in [0.2, 0.25) is 0 Å². The van der Waals surface area contributed by atoms with Gasteiger partial charge in [0.05, 0.1) is 0 Å². The van der Waals surface area contributed by atoms with Gasteiger partial charge in [-0.1, -0.05) is 13.8 Å². The summed E-state index contributed by atoms with van der Waals surface area (Å²) >= 11 is 3.25. The van der Waals surface area contributed by atoms with Crippen molar-refractivity contribution in [2.75, 3.05) is 11.9 Å². The van der Waals surface area contributed by atoms with Crippen LogP contribution in [0.4, 0.5) is 11.6 Å². The third kappa shape index (κ3) is 2.53. The number of aromatic nitrogens is 3. The number of hydrogen-bond donors (Lipinski definition) is 2. The monoisotopic (exact) mass is 349 g/mol. The summed E-state index contributed by atoms with van der Waals surface area (Å²) in [5, 5.41) is 10.3. The number of rotatable bonds is 2. The molecule has 0 unspecified atom stereocenters. The van der Waals surface area contributed by atoms with Crippen molar-refractivity contribution in [3.63, 3.8) is 0 Å². The van der Waals surface area contributed by atoms with Crippen molar-refractivity contribution in [2.45, 2.75) is 19.3 Å². The Bertz CT molecular complexity index is 722. The van der Waals surface area contributed by atoms with Crippen LogP contribution in [-0.4, -0.2) is 27.2 Å². The number of amides is 1. The molecular weight excluding hydrogens is 334 g/mol. The number of aryl methyl sites for hydroxylation is 1. The zero-order chi connectivity index (χ0) is 15.2. The molecular formula is C14H16BrN5O. The van der Waals surface area contributed by atoms with Crippen molar-refractivity contribution in [3.8, 4) is 0 Å². The third-order valence-corrected chi connectivity index (χ3v) is 4.01. The molecule has 0 saturated carbocycles. The van der Waals surface area contributed by atoms with Gasteiger partial charge >= 0.3 is 0 Å². The smallest absolute Gasteiger partial charge is 0.251 e. The van der Waals surface area contributed by atoms with Gasteiger partial charge in [0.1, 0.15) is 0 Å². The summed E-state index contributed by atoms with van der Waals surface area (Å²) < 4.78 is 2.19. The van der Waals surface area contributed by atoms with E-state index in [4.69, 9.17) is 0 Å². The zero-order valence-electron chi connectivity index (χ0n) is 12.1. The molecule has 0 bridgehead atoms. The summed E-state index contributed by atoms with van der Waals surface area (Å²) in [4.78, 5) is 16.2. The first kappa shape index (κ1) is 14.1. The molecule has 1 aromatic carbocycles. The third-order valence-electron chi connectivity index (χ3n) is 3.68. The zero-order valence-corrected chi connectivity index (χ0v) is 13.7. The topological polar surface area (TPSA) is 71.8 Å². The number of halogens is 1. The lowest BCUT2D eigenvalue weighted by molar-refractivity contribution is 0.0930. The Labute approximate surface area is 131 Å². The van der Waals surface area contributed by atoms with Crippen LogP contribution in [0.3, 0.4) is 0 Å². The van der Waals surface area contributed by atoms with Gasteiger partial charge in [0.15, 0.2) is 0 Å². The maximum absolute atomic E-state index is 11.9. The average molecular weight is 350 g/mol. The number of carbonyl (C=O) groups excluding carboxylic acids is 1. The minimum atomic E-state index is -0.0958. The largest absolute Gasteiger partial charge is 0.351 e. The van der Waals surface area contributed by atoms with Crippen LogP contribution in [0.15, 0.2) is 22.9 Å². The Morgan fingerprint density at radius 2 is 2.19 bits per heavy atom. The highest BCUT2D eigenvalue weighted by atomic mass is 79.9. The van der Waals surface area contributed by atoms with Crippen LogP contribution < -0.4 is 10.6 Å². The Morgan fingerprint density at radius 1 is 1.43 bits per heavy atom. The van der Waals surface area contributed by atoms with E-state index < -0.39 is 0 Å². The minimum Gasteiger partial charge on any atom is -0.351 e. The molecule has 1 amide bonds. The summed E-state index contributed by atoms with van der Waals surface area (Å²) in [7, 11) is 1.82. The van der Waals surface area contributed by atoms with Crippen LogP contribution in [0.1, 0.15) is 29.8 Å². The van der Waals surface area contributed by atoms with Crippen LogP contribution in [0.5, 0.6) is 0 Å². The Balaban J connectivity index is 1.99. The molecule has 0 fully saturated rings. The first-order chi connectivity index (χ1) is 9.87. The number of nitrogens with one attached hydrogen (secondary N) is 2. The average Bonchev–Trinajstić information content (AvgIpc) is 2.73. The van der Waals surface area contributed by atoms with E-state index >= 15 is 0 Å². The van der Waals surface area contributed by atoms with Gasteiger partial charge in [-0.3, -0.25) is 4.79 Å². The predicted octanol–water partition coefficient (Wildman–Crippen LogP) is 2.34. The fraction of sp³-hybridized carbons (Fsp3) is 0.357. The van der Waals surface area contributed by atoms with Crippen molar-refractivity contribution in [1.29, 1.82) is 0 Å². The number of benzene rings is 1. The Morgan fingerprint density at radius 3 is 2.86 bits per heavy atom. The van der Waals surface area contributed by atoms with E-state index in [1.165, 1.54) is 0 Å². The van der Waals surface area contributed by atoms with Crippen molar-refractivity contribution in [2.24, 2.45) is 7.05 Å². The first-order valence-electron chi connectivity index (χ1n) is 6.63. The second kappa shape index (κ2) is 4.84. The summed E-state index contributed by atoms with van der Waals surface area (Å²) in [6.45, 7) is 4.87. The van der Waals surface area contributed by atoms with Crippen molar-refractivity contribution in [3.05, 3.63) is 34.1 Å². The van der Waals surface area contributed by atoms with Crippen molar-refractivity contribution >= 4 is 33.5 Å². The van der Waals surface area contributed by atoms with Crippen LogP contribution in [0, 0.1) is 0 Å². The van der Waals surface area contributed by atoms with E-state index in [9.17, 15) is 4.79 Å². The van der Waals surface area contributed by atoms with Crippen LogP contribution >= 0.6 is 15.9 Å². The molecule has 21 heavy (non-hydrogen) atoms. The molecule has 0 spiro atoms. The second-order valence-electron chi connectivity index (χ2n) is 5.78. The number of fused-ring (bicyclic) bond motifs is 1. The fourth-order valence-electron chi connectivity index (χ4n) is 2.46. The Hall–Kier alpha value is -1.89. The van der Waals surface area contributed by atoms with E-state index in [0.29, 0.717) is 17.2 Å². The van der Waals surface area contributed by atoms with Gasteiger partial charge in [0.25, 0.3) is 5.91 Å². The molecule has 2 aromatic rings. The first-order valence-corrected chi connectivity index (χ1v) is 7.42. The normalized spacial score (nSPS) is 16.3. The van der Waals surface area contributed by atoms with Crippen molar-refractivity contribution < 1.29 is 4.79 Å². The van der Waals surface area contributed by atoms with Gasteiger partial charge in [0.2, 0.25) is 10.7 Å². The van der Waals surface area contributed by atoms with E-state index in [1.54, 1.807) is 4.68 Å². The van der Waals surface area contributed by atoms with E-state index in [0.717, 1.165) is 16.8 Å². The molecule has 1 aliphatic heterocycles. The molecule has 0 atom stereocenters. The molecule has 0 saturated heterocycles. The van der Waals surface area contributed by atoms with Gasteiger partial charge in [-0.25, -0.2) is 4.68 Å². The molecule has 3 rings (SSSR count). The van der Waals surface area contributed by atoms with E-state index in [-0.39, 0.29) is 11.3 Å². The van der Waals surface area contributed by atoms with E-state index in [1.807, 2.05) is 25.2 Å². The van der Waals surface area contributed by atoms with Crippen molar-refractivity contribution in [1.82, 2.24) is 20.1 Å². The molecule has 0 radical (unpaired) electrons. The number of anilines is 2. The lowest BCUT2D eigenvalue weighted by atomic mass is 9.79. The maximum Gasteiger partial charge on any atom is 0.251 e. The lowest BCUT2D eigenvalue weighted by Gasteiger charge is -2.32. The van der Waals surface area contributed by atoms with Crippen LogP contribution in [0.25, 0.3) is 0 Å². The van der Waals surface area contributed by atoms with Gasteiger partial charge in [-0.2, -0.15) is 4.98 Å². The minimum absolute atomic E-state index is 0.0164. The summed E-state index contributed by atoms with van der Waals surface area (Å²) in [6, 6.07) is 5.73. The predicted molar refractivity (Wildman–Crippen MR) is 83.8 cm³/mol. The molecule has 2 heterocycles. The van der Waals surface area contributed by atoms with Gasteiger partial charge in [-0.05, 0) is 39.7 Å². The molecule has 7 heteroatoms. The molecule has 110 valence electrons. The SMILES string of the molecule is Cn1nc(Br)nc1Nc1ccc2c(c1)C(C)(C)CNC2=O. The molecule has 6 nitrogen and oxygen atoms in total. The quantitative estimate of drug-likeness (QED) is 0.872. The highest BCUT2D eigenvalue weighted by Gasteiger charge is 2.31. The summed E-state index contributed by atoms with van der Waals surface area (Å²) in [6.07, 6.45) is 0. The summed E-state index contributed by atoms with van der Waals surface area (Å²) in [5.41, 5.74) is 2.56. The number of hydrogen-bond acceptors (Lipinski definition) is 4. The number of nitrogens with zero attached hydrogens (tertiary/aromatic N) is 3. The molecule has 2 N–H and O–H groups in total. The summed E-state index contributed by atoms with van der Waals surface area (Å²) in [5.74, 6) is 0.622. The van der Waals surface area contributed by atoms with E-state index in [2.05, 4.69) is 50.5 Å². The highest BCUT2D eigenvalue weighted by molar-refractivity contribution is 9.10. The van der Waals surface area contributed by atoms with Gasteiger partial charge in [-0.15, -0.1) is 5.10 Å². The van der Waals surface area contributed by atoms with Crippen LogP contribution in [-0.2, 0) is 12.5 Å². The number of carbonyl (C=O) groups is 1.